The van der Waals surface area contributed by atoms with E-state index >= 15 is 0 Å². The van der Waals surface area contributed by atoms with Crippen LogP contribution in [0.2, 0.25) is 0 Å². The molecule has 0 atom stereocenters. The van der Waals surface area contributed by atoms with Crippen LogP contribution in [0.25, 0.3) is 11.3 Å². The fourth-order valence-electron chi connectivity index (χ4n) is 1.35. The SMILES string of the molecule is OB(O)c1ccc(F)c(-c2ccncn2)c1. The Hall–Kier alpha value is -1.79. The molecular formula is C10H8BFN2O2. The highest BCUT2D eigenvalue weighted by molar-refractivity contribution is 6.58. The number of halogens is 1. The van der Waals surface area contributed by atoms with Crippen LogP contribution in [0, 0.1) is 5.82 Å². The maximum atomic E-state index is 13.5. The number of hydrogen-bond donors (Lipinski definition) is 2. The lowest BCUT2D eigenvalue weighted by molar-refractivity contribution is 0.425. The van der Waals surface area contributed by atoms with Crippen LogP contribution in [0.3, 0.4) is 0 Å². The Labute approximate surface area is 91.6 Å². The van der Waals surface area contributed by atoms with Gasteiger partial charge in [0.15, 0.2) is 0 Å². The molecule has 1 aromatic carbocycles. The average molecular weight is 218 g/mol. The van der Waals surface area contributed by atoms with Gasteiger partial charge < -0.3 is 10.0 Å². The molecule has 0 radical (unpaired) electrons. The monoisotopic (exact) mass is 218 g/mol. The molecule has 2 N–H and O–H groups in total. The topological polar surface area (TPSA) is 66.2 Å². The third-order valence-corrected chi connectivity index (χ3v) is 2.15. The Bertz CT molecular complexity index is 493. The third kappa shape index (κ3) is 2.07. The molecule has 4 nitrogen and oxygen atoms in total. The lowest BCUT2D eigenvalue weighted by Gasteiger charge is -2.05. The number of rotatable bonds is 2. The second-order valence-electron chi connectivity index (χ2n) is 3.21. The van der Waals surface area contributed by atoms with Gasteiger partial charge in [-0.15, -0.1) is 0 Å². The Balaban J connectivity index is 2.52. The average Bonchev–Trinajstić information content (AvgIpc) is 2.30. The van der Waals surface area contributed by atoms with Crippen molar-refractivity contribution < 1.29 is 14.4 Å². The summed E-state index contributed by atoms with van der Waals surface area (Å²) < 4.78 is 13.5. The van der Waals surface area contributed by atoms with E-state index < -0.39 is 12.9 Å². The van der Waals surface area contributed by atoms with E-state index in [1.807, 2.05) is 0 Å². The molecular weight excluding hydrogens is 210 g/mol. The smallest absolute Gasteiger partial charge is 0.423 e. The molecule has 0 amide bonds. The van der Waals surface area contributed by atoms with Crippen molar-refractivity contribution in [2.75, 3.05) is 0 Å². The van der Waals surface area contributed by atoms with Crippen molar-refractivity contribution in [2.24, 2.45) is 0 Å². The molecule has 2 aromatic rings. The van der Waals surface area contributed by atoms with Gasteiger partial charge in [0.2, 0.25) is 0 Å². The second kappa shape index (κ2) is 4.38. The highest BCUT2D eigenvalue weighted by Gasteiger charge is 2.14. The van der Waals surface area contributed by atoms with Crippen LogP contribution in [0.4, 0.5) is 4.39 Å². The molecule has 6 heteroatoms. The molecule has 1 heterocycles. The van der Waals surface area contributed by atoms with Crippen molar-refractivity contribution >= 4 is 12.6 Å². The summed E-state index contributed by atoms with van der Waals surface area (Å²) in [6.07, 6.45) is 2.79. The second-order valence-corrected chi connectivity index (χ2v) is 3.21. The van der Waals surface area contributed by atoms with Gasteiger partial charge in [-0.1, -0.05) is 12.1 Å². The first-order valence-corrected chi connectivity index (χ1v) is 4.60. The van der Waals surface area contributed by atoms with Crippen LogP contribution >= 0.6 is 0 Å². The number of nitrogens with zero attached hydrogens (tertiary/aromatic N) is 2. The molecule has 0 fully saturated rings. The number of hydrogen-bond acceptors (Lipinski definition) is 4. The summed E-state index contributed by atoms with van der Waals surface area (Å²) in [5.74, 6) is -0.469. The Morgan fingerprint density at radius 3 is 2.62 bits per heavy atom. The fraction of sp³-hybridized carbons (Fsp3) is 0. The van der Waals surface area contributed by atoms with Crippen molar-refractivity contribution in [1.29, 1.82) is 0 Å². The predicted molar refractivity (Wildman–Crippen MR) is 57.3 cm³/mol. The van der Waals surface area contributed by atoms with Crippen LogP contribution in [0.5, 0.6) is 0 Å². The van der Waals surface area contributed by atoms with Gasteiger partial charge in [-0.2, -0.15) is 0 Å². The van der Waals surface area contributed by atoms with Gasteiger partial charge in [0.05, 0.1) is 5.69 Å². The van der Waals surface area contributed by atoms with Gasteiger partial charge in [-0.25, -0.2) is 14.4 Å². The van der Waals surface area contributed by atoms with E-state index in [4.69, 9.17) is 10.0 Å². The van der Waals surface area contributed by atoms with E-state index in [9.17, 15) is 4.39 Å². The quantitative estimate of drug-likeness (QED) is 0.694. The van der Waals surface area contributed by atoms with Crippen molar-refractivity contribution in [3.63, 3.8) is 0 Å². The molecule has 0 aliphatic rings. The van der Waals surface area contributed by atoms with Crippen LogP contribution in [-0.2, 0) is 0 Å². The van der Waals surface area contributed by atoms with Gasteiger partial charge in [-0.05, 0) is 17.6 Å². The Kier molecular flexibility index (Phi) is 2.94. The summed E-state index contributed by atoms with van der Waals surface area (Å²) in [7, 11) is -1.62. The standard InChI is InChI=1S/C10H8BFN2O2/c12-9-2-1-7(11(15)16)5-8(9)10-3-4-13-6-14-10/h1-6,15-16H. The first-order valence-electron chi connectivity index (χ1n) is 4.60. The van der Waals surface area contributed by atoms with Crippen molar-refractivity contribution in [3.8, 4) is 11.3 Å². The minimum absolute atomic E-state index is 0.216. The van der Waals surface area contributed by atoms with Crippen molar-refractivity contribution in [3.05, 3.63) is 42.6 Å². The molecule has 0 spiro atoms. The molecule has 0 saturated heterocycles. The molecule has 0 unspecified atom stereocenters. The van der Waals surface area contributed by atoms with E-state index in [1.54, 1.807) is 6.07 Å². The molecule has 0 bridgehead atoms. The zero-order chi connectivity index (χ0) is 11.5. The normalized spacial score (nSPS) is 10.2. The summed E-state index contributed by atoms with van der Waals surface area (Å²) in [6.45, 7) is 0. The summed E-state index contributed by atoms with van der Waals surface area (Å²) in [5, 5.41) is 18.0. The lowest BCUT2D eigenvalue weighted by atomic mass is 9.79. The largest absolute Gasteiger partial charge is 0.488 e. The van der Waals surface area contributed by atoms with Gasteiger partial charge in [0, 0.05) is 11.8 Å². The molecule has 1 aromatic heterocycles. The maximum Gasteiger partial charge on any atom is 0.488 e. The van der Waals surface area contributed by atoms with Gasteiger partial charge in [0.1, 0.15) is 12.1 Å². The maximum absolute atomic E-state index is 13.5. The Morgan fingerprint density at radius 2 is 2.00 bits per heavy atom. The molecule has 0 aliphatic heterocycles. The zero-order valence-corrected chi connectivity index (χ0v) is 8.21. The van der Waals surface area contributed by atoms with Gasteiger partial charge in [-0.3, -0.25) is 0 Å². The van der Waals surface area contributed by atoms with Crippen LogP contribution < -0.4 is 5.46 Å². The molecule has 0 saturated carbocycles. The van der Waals surface area contributed by atoms with Gasteiger partial charge >= 0.3 is 7.12 Å². The Morgan fingerprint density at radius 1 is 1.19 bits per heavy atom. The fourth-order valence-corrected chi connectivity index (χ4v) is 1.35. The van der Waals surface area contributed by atoms with Crippen LogP contribution in [0.1, 0.15) is 0 Å². The first-order chi connectivity index (χ1) is 7.68. The van der Waals surface area contributed by atoms with E-state index in [0.717, 1.165) is 0 Å². The molecule has 0 aliphatic carbocycles. The van der Waals surface area contributed by atoms with E-state index in [2.05, 4.69) is 9.97 Å². The minimum atomic E-state index is -1.62. The third-order valence-electron chi connectivity index (χ3n) is 2.15. The number of benzene rings is 1. The summed E-state index contributed by atoms with van der Waals surface area (Å²) in [6, 6.07) is 5.38. The van der Waals surface area contributed by atoms with E-state index in [1.165, 1.54) is 30.7 Å². The molecule has 2 rings (SSSR count). The van der Waals surface area contributed by atoms with E-state index in [0.29, 0.717) is 5.69 Å². The van der Waals surface area contributed by atoms with Crippen molar-refractivity contribution in [1.82, 2.24) is 9.97 Å². The number of aromatic nitrogens is 2. The van der Waals surface area contributed by atoms with Crippen LogP contribution in [0.15, 0.2) is 36.8 Å². The summed E-state index contributed by atoms with van der Waals surface area (Å²) >= 11 is 0. The van der Waals surface area contributed by atoms with Crippen molar-refractivity contribution in [2.45, 2.75) is 0 Å². The predicted octanol–water partition coefficient (Wildman–Crippen LogP) is -0.0375. The highest BCUT2D eigenvalue weighted by atomic mass is 19.1. The minimum Gasteiger partial charge on any atom is -0.423 e. The first kappa shape index (κ1) is 10.7. The lowest BCUT2D eigenvalue weighted by Crippen LogP contribution is -2.29. The summed E-state index contributed by atoms with van der Waals surface area (Å²) in [4.78, 5) is 7.62. The molecule has 80 valence electrons. The summed E-state index contributed by atoms with van der Waals surface area (Å²) in [5.41, 5.74) is 0.831. The van der Waals surface area contributed by atoms with Gasteiger partial charge in [0.25, 0.3) is 0 Å². The highest BCUT2D eigenvalue weighted by Crippen LogP contribution is 2.18. The zero-order valence-electron chi connectivity index (χ0n) is 8.21. The molecule has 16 heavy (non-hydrogen) atoms. The van der Waals surface area contributed by atoms with Crippen LogP contribution in [-0.4, -0.2) is 27.1 Å². The van der Waals surface area contributed by atoms with E-state index in [-0.39, 0.29) is 11.0 Å².